The number of rotatable bonds is 6. The molecule has 0 saturated heterocycles. The van der Waals surface area contributed by atoms with Crippen molar-refractivity contribution in [3.63, 3.8) is 0 Å². The fourth-order valence-electron chi connectivity index (χ4n) is 3.20. The molecule has 0 aliphatic rings. The topological polar surface area (TPSA) is 63.0 Å². The standard InChI is InChI=1S/C22H22N2O3/c1-4-27-22(26)20-15(2)21(23-16(20)3)19(25)14-24-12-8-11-18(13-24)17-9-6-5-7-10-17/h5-13H,4,14H2,1-3H3/p+1. The zero-order valence-corrected chi connectivity index (χ0v) is 15.8. The van der Waals surface area contributed by atoms with Crippen molar-refractivity contribution in [3.05, 3.63) is 77.4 Å². The molecule has 5 nitrogen and oxygen atoms in total. The highest BCUT2D eigenvalue weighted by atomic mass is 16.5. The lowest BCUT2D eigenvalue weighted by Crippen LogP contribution is -2.37. The van der Waals surface area contributed by atoms with E-state index in [9.17, 15) is 9.59 Å². The number of carbonyl (C=O) groups is 2. The van der Waals surface area contributed by atoms with E-state index < -0.39 is 5.97 Å². The van der Waals surface area contributed by atoms with E-state index in [0.717, 1.165) is 11.1 Å². The van der Waals surface area contributed by atoms with Crippen molar-refractivity contribution in [2.24, 2.45) is 0 Å². The number of benzene rings is 1. The first-order valence-corrected chi connectivity index (χ1v) is 8.95. The van der Waals surface area contributed by atoms with Crippen LogP contribution in [-0.4, -0.2) is 23.3 Å². The average molecular weight is 363 g/mol. The van der Waals surface area contributed by atoms with Gasteiger partial charge in [0.2, 0.25) is 12.3 Å². The normalized spacial score (nSPS) is 10.6. The summed E-state index contributed by atoms with van der Waals surface area (Å²) in [5, 5.41) is 0. The number of aryl methyl sites for hydroxylation is 1. The number of hydrogen-bond donors (Lipinski definition) is 1. The van der Waals surface area contributed by atoms with Gasteiger partial charge in [0.1, 0.15) is 0 Å². The van der Waals surface area contributed by atoms with E-state index in [1.807, 2.05) is 59.4 Å². The summed E-state index contributed by atoms with van der Waals surface area (Å²) in [7, 11) is 0. The van der Waals surface area contributed by atoms with Gasteiger partial charge in [0.25, 0.3) is 0 Å². The summed E-state index contributed by atoms with van der Waals surface area (Å²) in [6, 6.07) is 13.9. The molecular formula is C22H23N2O3+. The molecule has 0 aliphatic carbocycles. The van der Waals surface area contributed by atoms with Gasteiger partial charge in [-0.1, -0.05) is 30.3 Å². The minimum Gasteiger partial charge on any atom is -0.462 e. The second-order valence-electron chi connectivity index (χ2n) is 6.40. The zero-order chi connectivity index (χ0) is 19.4. The molecule has 0 radical (unpaired) electrons. The fraction of sp³-hybridized carbons (Fsp3) is 0.227. The van der Waals surface area contributed by atoms with Crippen molar-refractivity contribution >= 4 is 11.8 Å². The average Bonchev–Trinajstić information content (AvgIpc) is 2.97. The van der Waals surface area contributed by atoms with E-state index in [0.29, 0.717) is 29.1 Å². The molecule has 3 aromatic rings. The number of ketones is 1. The third kappa shape index (κ3) is 3.97. The monoisotopic (exact) mass is 363 g/mol. The summed E-state index contributed by atoms with van der Waals surface area (Å²) in [5.74, 6) is -0.483. The number of carbonyl (C=O) groups excluding carboxylic acids is 2. The highest BCUT2D eigenvalue weighted by Crippen LogP contribution is 2.20. The number of pyridine rings is 1. The number of hydrogen-bond acceptors (Lipinski definition) is 3. The van der Waals surface area contributed by atoms with Crippen molar-refractivity contribution in [2.45, 2.75) is 27.3 Å². The molecule has 2 aromatic heterocycles. The number of ether oxygens (including phenoxy) is 1. The highest BCUT2D eigenvalue weighted by molar-refractivity contribution is 6.01. The third-order valence-corrected chi connectivity index (χ3v) is 4.49. The number of nitrogens with zero attached hydrogens (tertiary/aromatic N) is 1. The molecule has 1 N–H and O–H groups in total. The maximum absolute atomic E-state index is 12.8. The lowest BCUT2D eigenvalue weighted by atomic mass is 10.1. The summed E-state index contributed by atoms with van der Waals surface area (Å²) in [4.78, 5) is 28.0. The number of H-pyrrole nitrogens is 1. The molecule has 27 heavy (non-hydrogen) atoms. The number of nitrogens with one attached hydrogen (secondary N) is 1. The van der Waals surface area contributed by atoms with Crippen molar-refractivity contribution < 1.29 is 18.9 Å². The molecule has 0 saturated carbocycles. The van der Waals surface area contributed by atoms with Gasteiger partial charge in [0.15, 0.2) is 12.4 Å². The number of aromatic nitrogens is 2. The van der Waals surface area contributed by atoms with E-state index in [4.69, 9.17) is 4.74 Å². The van der Waals surface area contributed by atoms with Gasteiger partial charge in [0.05, 0.1) is 17.9 Å². The minimum atomic E-state index is -0.401. The van der Waals surface area contributed by atoms with Gasteiger partial charge in [-0.3, -0.25) is 4.79 Å². The van der Waals surface area contributed by atoms with Crippen LogP contribution in [0.3, 0.4) is 0 Å². The zero-order valence-electron chi connectivity index (χ0n) is 15.8. The van der Waals surface area contributed by atoms with Gasteiger partial charge in [-0.05, 0) is 38.0 Å². The van der Waals surface area contributed by atoms with Crippen LogP contribution >= 0.6 is 0 Å². The molecule has 0 unspecified atom stereocenters. The van der Waals surface area contributed by atoms with Gasteiger partial charge in [-0.15, -0.1) is 0 Å². The molecule has 0 bridgehead atoms. The molecule has 138 valence electrons. The highest BCUT2D eigenvalue weighted by Gasteiger charge is 2.24. The number of Topliss-reactive ketones (excluding diaryl/α,β-unsaturated/α-hetero) is 1. The first-order chi connectivity index (χ1) is 13.0. The van der Waals surface area contributed by atoms with E-state index in [1.165, 1.54) is 0 Å². The Hall–Kier alpha value is -3.21. The number of esters is 1. The molecule has 0 atom stereocenters. The van der Waals surface area contributed by atoms with Crippen molar-refractivity contribution in [1.82, 2.24) is 4.98 Å². The summed E-state index contributed by atoms with van der Waals surface area (Å²) >= 11 is 0. The maximum Gasteiger partial charge on any atom is 0.340 e. The predicted octanol–water partition coefficient (Wildman–Crippen LogP) is 3.65. The van der Waals surface area contributed by atoms with E-state index >= 15 is 0 Å². The Balaban J connectivity index is 1.84. The predicted molar refractivity (Wildman–Crippen MR) is 103 cm³/mol. The van der Waals surface area contributed by atoms with Crippen LogP contribution in [-0.2, 0) is 11.3 Å². The van der Waals surface area contributed by atoms with Gasteiger partial charge in [-0.2, -0.15) is 4.57 Å². The molecule has 1 aromatic carbocycles. The van der Waals surface area contributed by atoms with Crippen molar-refractivity contribution in [1.29, 1.82) is 0 Å². The second-order valence-corrected chi connectivity index (χ2v) is 6.40. The Morgan fingerprint density at radius 1 is 1.04 bits per heavy atom. The first-order valence-electron chi connectivity index (χ1n) is 8.95. The fourth-order valence-corrected chi connectivity index (χ4v) is 3.20. The Morgan fingerprint density at radius 2 is 1.74 bits per heavy atom. The van der Waals surface area contributed by atoms with Crippen molar-refractivity contribution in [3.8, 4) is 11.1 Å². The second kappa shape index (κ2) is 7.99. The molecule has 5 heteroatoms. The first kappa shape index (κ1) is 18.6. The van der Waals surface area contributed by atoms with Crippen LogP contribution in [0.5, 0.6) is 0 Å². The van der Waals surface area contributed by atoms with Crippen LogP contribution < -0.4 is 4.57 Å². The van der Waals surface area contributed by atoms with Gasteiger partial charge >= 0.3 is 5.97 Å². The maximum atomic E-state index is 12.8. The number of aromatic amines is 1. The molecule has 3 rings (SSSR count). The minimum absolute atomic E-state index is 0.0821. The Labute approximate surface area is 158 Å². The van der Waals surface area contributed by atoms with Gasteiger partial charge in [0, 0.05) is 17.3 Å². The van der Waals surface area contributed by atoms with Gasteiger partial charge in [-0.25, -0.2) is 4.79 Å². The Bertz CT molecular complexity index is 974. The van der Waals surface area contributed by atoms with E-state index in [-0.39, 0.29) is 12.3 Å². The molecule has 0 aliphatic heterocycles. The Kier molecular flexibility index (Phi) is 5.50. The summed E-state index contributed by atoms with van der Waals surface area (Å²) in [5.41, 5.74) is 4.32. The lowest BCUT2D eigenvalue weighted by Gasteiger charge is -2.03. The van der Waals surface area contributed by atoms with Crippen LogP contribution in [0.2, 0.25) is 0 Å². The summed E-state index contributed by atoms with van der Waals surface area (Å²) < 4.78 is 6.94. The largest absolute Gasteiger partial charge is 0.462 e. The van der Waals surface area contributed by atoms with E-state index in [1.54, 1.807) is 20.8 Å². The quantitative estimate of drug-likeness (QED) is 0.413. The smallest absolute Gasteiger partial charge is 0.340 e. The summed E-state index contributed by atoms with van der Waals surface area (Å²) in [6.45, 7) is 5.79. The molecule has 0 spiro atoms. The van der Waals surface area contributed by atoms with Gasteiger partial charge < -0.3 is 9.72 Å². The van der Waals surface area contributed by atoms with Crippen LogP contribution in [0.4, 0.5) is 0 Å². The molecule has 0 amide bonds. The SMILES string of the molecule is CCOC(=O)c1c(C)[nH]c(C(=O)C[n+]2cccc(-c3ccccc3)c2)c1C. The van der Waals surface area contributed by atoms with Crippen LogP contribution in [0, 0.1) is 13.8 Å². The lowest BCUT2D eigenvalue weighted by molar-refractivity contribution is -0.682. The molecule has 0 fully saturated rings. The van der Waals surface area contributed by atoms with Crippen LogP contribution in [0.15, 0.2) is 54.9 Å². The summed E-state index contributed by atoms with van der Waals surface area (Å²) in [6.07, 6.45) is 3.81. The molecular weight excluding hydrogens is 340 g/mol. The van der Waals surface area contributed by atoms with Crippen LogP contribution in [0.1, 0.15) is 39.0 Å². The Morgan fingerprint density at radius 3 is 2.44 bits per heavy atom. The third-order valence-electron chi connectivity index (χ3n) is 4.49. The van der Waals surface area contributed by atoms with Crippen molar-refractivity contribution in [2.75, 3.05) is 6.61 Å². The van der Waals surface area contributed by atoms with E-state index in [2.05, 4.69) is 4.98 Å². The van der Waals surface area contributed by atoms with Crippen LogP contribution in [0.25, 0.3) is 11.1 Å². The molecule has 2 heterocycles.